The summed E-state index contributed by atoms with van der Waals surface area (Å²) in [5, 5.41) is 2.16. The summed E-state index contributed by atoms with van der Waals surface area (Å²) in [7, 11) is 0. The Morgan fingerprint density at radius 3 is 1.51 bits per heavy atom. The standard InChI is InChI=1S/C34H25N/c1-3-9-26(10-4-1)29-15-20-32(21-16-29)35(34-24-19-28-13-7-8-14-31(28)25-34)33-22-17-30(18-23-33)27-11-5-2-6-12-27/h1-25H/i1T,8T. The third-order valence-electron chi connectivity index (χ3n) is 6.34. The molecule has 6 aromatic rings. The van der Waals surface area contributed by atoms with Gasteiger partial charge in [0.25, 0.3) is 0 Å². The second kappa shape index (κ2) is 9.32. The lowest BCUT2D eigenvalue weighted by molar-refractivity contribution is 1.29. The van der Waals surface area contributed by atoms with Gasteiger partial charge >= 0.3 is 0 Å². The highest BCUT2D eigenvalue weighted by atomic mass is 15.1. The summed E-state index contributed by atoms with van der Waals surface area (Å²) in [5.41, 5.74) is 7.72. The van der Waals surface area contributed by atoms with Gasteiger partial charge < -0.3 is 4.90 Å². The molecule has 6 aromatic carbocycles. The van der Waals surface area contributed by atoms with E-state index in [0.29, 0.717) is 12.1 Å². The smallest absolute Gasteiger partial charge is 0.0623 e. The molecule has 0 aliphatic rings. The van der Waals surface area contributed by atoms with Crippen molar-refractivity contribution in [3.05, 3.63) is 152 Å². The molecular formula is C34H25N. The number of benzene rings is 6. The van der Waals surface area contributed by atoms with Gasteiger partial charge in [0.1, 0.15) is 0 Å². The fourth-order valence-corrected chi connectivity index (χ4v) is 4.52. The fraction of sp³-hybridized carbons (Fsp3) is 0. The highest BCUT2D eigenvalue weighted by molar-refractivity contribution is 5.89. The summed E-state index contributed by atoms with van der Waals surface area (Å²) < 4.78 is 15.8. The van der Waals surface area contributed by atoms with E-state index in [4.69, 9.17) is 2.74 Å². The van der Waals surface area contributed by atoms with Gasteiger partial charge in [-0.2, -0.15) is 0 Å². The Labute approximate surface area is 209 Å². The van der Waals surface area contributed by atoms with E-state index in [1.165, 1.54) is 11.1 Å². The van der Waals surface area contributed by atoms with Crippen molar-refractivity contribution in [1.82, 2.24) is 0 Å². The Bertz CT molecular complexity index is 1660. The lowest BCUT2D eigenvalue weighted by Crippen LogP contribution is -2.09. The first-order valence-corrected chi connectivity index (χ1v) is 11.8. The minimum atomic E-state index is 0.506. The van der Waals surface area contributed by atoms with Crippen LogP contribution in [0.15, 0.2) is 152 Å². The lowest BCUT2D eigenvalue weighted by Gasteiger charge is -2.26. The first kappa shape index (κ1) is 18.8. The van der Waals surface area contributed by atoms with Crippen LogP contribution in [-0.2, 0) is 0 Å². The maximum atomic E-state index is 8.08. The van der Waals surface area contributed by atoms with Crippen LogP contribution in [0.2, 0.25) is 0 Å². The molecule has 0 aromatic heterocycles. The molecule has 6 rings (SSSR count). The number of hydrogen-bond donors (Lipinski definition) is 0. The maximum Gasteiger partial charge on any atom is 0.0623 e. The molecule has 0 heterocycles. The van der Waals surface area contributed by atoms with E-state index in [1.54, 1.807) is 0 Å². The summed E-state index contributed by atoms with van der Waals surface area (Å²) in [4.78, 5) is 2.25. The van der Waals surface area contributed by atoms with Crippen molar-refractivity contribution in [1.29, 1.82) is 0 Å². The Hall–Kier alpha value is -4.62. The van der Waals surface area contributed by atoms with Crippen LogP contribution in [0.3, 0.4) is 0 Å². The quantitative estimate of drug-likeness (QED) is 0.252. The van der Waals surface area contributed by atoms with Crippen molar-refractivity contribution >= 4 is 27.8 Å². The van der Waals surface area contributed by atoms with E-state index in [1.807, 2.05) is 48.5 Å². The van der Waals surface area contributed by atoms with E-state index in [9.17, 15) is 0 Å². The van der Waals surface area contributed by atoms with Crippen molar-refractivity contribution in [3.63, 3.8) is 0 Å². The van der Waals surface area contributed by atoms with Crippen molar-refractivity contribution in [3.8, 4) is 22.3 Å². The number of fused-ring (bicyclic) bond motifs is 1. The molecule has 0 atom stereocenters. The van der Waals surface area contributed by atoms with Crippen LogP contribution in [0.5, 0.6) is 0 Å². The van der Waals surface area contributed by atoms with Gasteiger partial charge in [-0.15, -0.1) is 0 Å². The number of hydrogen-bond acceptors (Lipinski definition) is 1. The summed E-state index contributed by atoms with van der Waals surface area (Å²) in [6, 6.07) is 48.4. The molecule has 0 aliphatic carbocycles. The summed E-state index contributed by atoms with van der Waals surface area (Å²) in [6.07, 6.45) is 0. The van der Waals surface area contributed by atoms with Crippen LogP contribution in [-0.4, -0.2) is 0 Å². The fourth-order valence-electron chi connectivity index (χ4n) is 4.52. The van der Waals surface area contributed by atoms with Gasteiger partial charge in [0.15, 0.2) is 0 Å². The zero-order chi connectivity index (χ0) is 25.2. The molecule has 0 fully saturated rings. The Kier molecular flexibility index (Phi) is 5.00. The Morgan fingerprint density at radius 1 is 0.371 bits per heavy atom. The molecule has 0 N–H and O–H groups in total. The van der Waals surface area contributed by atoms with E-state index in [2.05, 4.69) is 95.9 Å². The van der Waals surface area contributed by atoms with Gasteiger partial charge in [-0.25, -0.2) is 0 Å². The topological polar surface area (TPSA) is 3.24 Å². The average molecular weight is 452 g/mol. The monoisotopic (exact) mass is 451 g/mol. The highest BCUT2D eigenvalue weighted by Gasteiger charge is 2.14. The predicted octanol–water partition coefficient (Wildman–Crippen LogP) is 9.64. The molecule has 166 valence electrons. The Morgan fingerprint density at radius 2 is 0.886 bits per heavy atom. The molecule has 0 saturated heterocycles. The van der Waals surface area contributed by atoms with Crippen molar-refractivity contribution in [2.75, 3.05) is 4.90 Å². The van der Waals surface area contributed by atoms with Gasteiger partial charge in [0.2, 0.25) is 0 Å². The molecule has 0 spiro atoms. The van der Waals surface area contributed by atoms with Gasteiger partial charge in [-0.05, 0) is 69.4 Å². The van der Waals surface area contributed by atoms with Crippen LogP contribution in [0, 0.1) is 0 Å². The predicted molar refractivity (Wildman–Crippen MR) is 150 cm³/mol. The zero-order valence-electron chi connectivity index (χ0n) is 21.2. The van der Waals surface area contributed by atoms with Crippen LogP contribution >= 0.6 is 0 Å². The minimum absolute atomic E-state index is 0.506. The van der Waals surface area contributed by atoms with Crippen LogP contribution in [0.25, 0.3) is 33.0 Å². The number of nitrogens with zero attached hydrogens (tertiary/aromatic N) is 1. The van der Waals surface area contributed by atoms with E-state index >= 15 is 0 Å². The molecule has 35 heavy (non-hydrogen) atoms. The van der Waals surface area contributed by atoms with E-state index in [0.717, 1.165) is 39.0 Å². The largest absolute Gasteiger partial charge is 0.310 e. The van der Waals surface area contributed by atoms with Crippen molar-refractivity contribution < 1.29 is 2.74 Å². The van der Waals surface area contributed by atoms with Crippen LogP contribution in [0.1, 0.15) is 2.74 Å². The third-order valence-corrected chi connectivity index (χ3v) is 6.34. The van der Waals surface area contributed by atoms with Gasteiger partial charge in [-0.1, -0.05) is 115 Å². The van der Waals surface area contributed by atoms with Crippen molar-refractivity contribution in [2.24, 2.45) is 0 Å². The van der Waals surface area contributed by atoms with Crippen molar-refractivity contribution in [2.45, 2.75) is 0 Å². The van der Waals surface area contributed by atoms with Gasteiger partial charge in [0, 0.05) is 17.1 Å². The van der Waals surface area contributed by atoms with Gasteiger partial charge in [0.05, 0.1) is 2.74 Å². The normalized spacial score (nSPS) is 11.7. The molecule has 0 radical (unpaired) electrons. The molecule has 0 unspecified atom stereocenters. The summed E-state index contributed by atoms with van der Waals surface area (Å²) >= 11 is 0. The van der Waals surface area contributed by atoms with E-state index in [-0.39, 0.29) is 0 Å². The summed E-state index contributed by atoms with van der Waals surface area (Å²) in [5.74, 6) is 0. The van der Waals surface area contributed by atoms with Crippen LogP contribution in [0.4, 0.5) is 17.1 Å². The average Bonchev–Trinajstić information content (AvgIpc) is 2.95. The first-order valence-electron chi connectivity index (χ1n) is 12.8. The maximum absolute atomic E-state index is 8.08. The molecule has 0 aliphatic heterocycles. The second-order valence-corrected chi connectivity index (χ2v) is 8.54. The zero-order valence-corrected chi connectivity index (χ0v) is 19.2. The lowest BCUT2D eigenvalue weighted by atomic mass is 10.0. The molecule has 1 nitrogen and oxygen atoms in total. The van der Waals surface area contributed by atoms with E-state index < -0.39 is 0 Å². The highest BCUT2D eigenvalue weighted by Crippen LogP contribution is 2.37. The SMILES string of the molecule is [3H]c1ccc(-c2ccc(N(c3ccc(-c4ccccc4)cc3)c3ccc4ccc([3H])cc4c3)cc2)cc1. The molecule has 0 amide bonds. The molecule has 1 heteroatoms. The first-order chi connectivity index (χ1) is 18.1. The molecule has 0 bridgehead atoms. The number of anilines is 3. The number of rotatable bonds is 5. The second-order valence-electron chi connectivity index (χ2n) is 8.54. The Balaban J connectivity index is 1.43. The molecule has 0 saturated carbocycles. The minimum Gasteiger partial charge on any atom is -0.310 e. The molecular weight excluding hydrogens is 422 g/mol. The van der Waals surface area contributed by atoms with Crippen LogP contribution < -0.4 is 4.90 Å². The third kappa shape index (κ3) is 4.32. The summed E-state index contributed by atoms with van der Waals surface area (Å²) in [6.45, 7) is 0. The van der Waals surface area contributed by atoms with Gasteiger partial charge in [-0.3, -0.25) is 0 Å².